The van der Waals surface area contributed by atoms with Crippen LogP contribution in [0.1, 0.15) is 59.8 Å². The van der Waals surface area contributed by atoms with Gasteiger partial charge in [0, 0.05) is 11.9 Å². The van der Waals surface area contributed by atoms with Gasteiger partial charge in [-0.3, -0.25) is 9.20 Å². The number of rotatable bonds is 3. The van der Waals surface area contributed by atoms with Crippen molar-refractivity contribution in [3.8, 4) is 0 Å². The van der Waals surface area contributed by atoms with Crippen molar-refractivity contribution < 1.29 is 4.79 Å². The summed E-state index contributed by atoms with van der Waals surface area (Å²) in [5.41, 5.74) is 4.34. The Hall–Kier alpha value is -2.62. The number of carbonyl (C=O) groups excluding carboxylic acids is 1. The monoisotopic (exact) mass is 333 g/mol. The molecule has 25 heavy (non-hydrogen) atoms. The lowest BCUT2D eigenvalue weighted by Gasteiger charge is -2.22. The van der Waals surface area contributed by atoms with Crippen LogP contribution in [0.15, 0.2) is 48.7 Å². The molecule has 0 saturated heterocycles. The van der Waals surface area contributed by atoms with Crippen molar-refractivity contribution in [1.29, 1.82) is 0 Å². The topological polar surface area (TPSA) is 46.4 Å². The van der Waals surface area contributed by atoms with Gasteiger partial charge >= 0.3 is 0 Å². The largest absolute Gasteiger partial charge is 0.321 e. The van der Waals surface area contributed by atoms with Crippen LogP contribution in [0.25, 0.3) is 5.65 Å². The zero-order valence-electron chi connectivity index (χ0n) is 14.5. The molecule has 2 aromatic heterocycles. The molecule has 1 saturated carbocycles. The van der Waals surface area contributed by atoms with E-state index in [1.54, 1.807) is 0 Å². The summed E-state index contributed by atoms with van der Waals surface area (Å²) in [7, 11) is 0. The first-order valence-electron chi connectivity index (χ1n) is 9.07. The van der Waals surface area contributed by atoms with Crippen LogP contribution in [0.4, 0.5) is 5.69 Å². The van der Waals surface area contributed by atoms with E-state index in [0.29, 0.717) is 11.6 Å². The predicted octanol–water partition coefficient (Wildman–Crippen LogP) is 4.94. The highest BCUT2D eigenvalue weighted by molar-refractivity contribution is 6.04. The van der Waals surface area contributed by atoms with E-state index < -0.39 is 0 Å². The molecule has 3 aromatic rings. The number of hydrogen-bond donors (Lipinski definition) is 1. The number of anilines is 1. The minimum atomic E-state index is -0.124. The lowest BCUT2D eigenvalue weighted by molar-refractivity contribution is 0.102. The Morgan fingerprint density at radius 3 is 2.60 bits per heavy atom. The molecule has 4 rings (SSSR count). The Morgan fingerprint density at radius 1 is 1.08 bits per heavy atom. The molecule has 0 bridgehead atoms. The summed E-state index contributed by atoms with van der Waals surface area (Å²) < 4.78 is 1.83. The lowest BCUT2D eigenvalue weighted by atomic mass is 9.84. The van der Waals surface area contributed by atoms with Gasteiger partial charge in [0.2, 0.25) is 0 Å². The van der Waals surface area contributed by atoms with Crippen LogP contribution in [0.3, 0.4) is 0 Å². The van der Waals surface area contributed by atoms with E-state index in [4.69, 9.17) is 0 Å². The number of aryl methyl sites for hydroxylation is 1. The van der Waals surface area contributed by atoms with E-state index in [2.05, 4.69) is 22.4 Å². The second kappa shape index (κ2) is 6.71. The molecule has 0 spiro atoms. The first-order valence-corrected chi connectivity index (χ1v) is 9.07. The SMILES string of the molecule is Cc1nc2ccccn2c1C(=O)Nc1ccc(C2CCCCC2)cc1. The van der Waals surface area contributed by atoms with Crippen LogP contribution in [0, 0.1) is 6.92 Å². The molecule has 1 aromatic carbocycles. The summed E-state index contributed by atoms with van der Waals surface area (Å²) in [6.07, 6.45) is 8.46. The van der Waals surface area contributed by atoms with Crippen LogP contribution in [0.2, 0.25) is 0 Å². The maximum absolute atomic E-state index is 12.7. The predicted molar refractivity (Wildman–Crippen MR) is 100 cm³/mol. The number of pyridine rings is 1. The molecular formula is C21H23N3O. The van der Waals surface area contributed by atoms with Crippen LogP contribution in [-0.2, 0) is 0 Å². The van der Waals surface area contributed by atoms with Crippen molar-refractivity contribution in [2.45, 2.75) is 44.9 Å². The number of imidazole rings is 1. The zero-order chi connectivity index (χ0) is 17.2. The standard InChI is InChI=1S/C21H23N3O/c1-15-20(24-14-6-5-9-19(24)22-15)21(25)23-18-12-10-17(11-13-18)16-7-3-2-4-8-16/h5-6,9-14,16H,2-4,7-8H2,1H3,(H,23,25). The zero-order valence-corrected chi connectivity index (χ0v) is 14.5. The Labute approximate surface area is 147 Å². The lowest BCUT2D eigenvalue weighted by Crippen LogP contribution is -2.15. The Balaban J connectivity index is 1.53. The summed E-state index contributed by atoms with van der Waals surface area (Å²) in [5.74, 6) is 0.557. The summed E-state index contributed by atoms with van der Waals surface area (Å²) in [6, 6.07) is 14.1. The first kappa shape index (κ1) is 15.9. The van der Waals surface area contributed by atoms with Crippen molar-refractivity contribution in [2.24, 2.45) is 0 Å². The normalized spacial score (nSPS) is 15.4. The summed E-state index contributed by atoms with van der Waals surface area (Å²) in [5, 5.41) is 3.01. The third-order valence-electron chi connectivity index (χ3n) is 5.16. The molecule has 1 amide bonds. The number of benzene rings is 1. The second-order valence-corrected chi connectivity index (χ2v) is 6.89. The molecule has 0 unspecified atom stereocenters. The number of nitrogens with one attached hydrogen (secondary N) is 1. The molecule has 128 valence electrons. The van der Waals surface area contributed by atoms with Crippen LogP contribution in [-0.4, -0.2) is 15.3 Å². The number of hydrogen-bond acceptors (Lipinski definition) is 2. The molecule has 0 atom stereocenters. The minimum absolute atomic E-state index is 0.124. The first-order chi connectivity index (χ1) is 12.2. The van der Waals surface area contributed by atoms with Gasteiger partial charge in [-0.1, -0.05) is 37.5 Å². The maximum atomic E-state index is 12.7. The molecule has 1 aliphatic rings. The van der Waals surface area contributed by atoms with E-state index in [9.17, 15) is 4.79 Å². The van der Waals surface area contributed by atoms with Crippen molar-refractivity contribution in [3.63, 3.8) is 0 Å². The highest BCUT2D eigenvalue weighted by Gasteiger charge is 2.18. The van der Waals surface area contributed by atoms with Crippen molar-refractivity contribution >= 4 is 17.2 Å². The van der Waals surface area contributed by atoms with E-state index in [1.165, 1.54) is 37.7 Å². The fourth-order valence-electron chi connectivity index (χ4n) is 3.85. The minimum Gasteiger partial charge on any atom is -0.321 e. The van der Waals surface area contributed by atoms with Gasteiger partial charge in [-0.05, 0) is 55.5 Å². The Kier molecular flexibility index (Phi) is 4.26. The molecule has 0 radical (unpaired) electrons. The molecule has 0 aliphatic heterocycles. The number of fused-ring (bicyclic) bond motifs is 1. The van der Waals surface area contributed by atoms with Gasteiger partial charge in [-0.15, -0.1) is 0 Å². The molecule has 1 aliphatic carbocycles. The molecule has 4 nitrogen and oxygen atoms in total. The van der Waals surface area contributed by atoms with Gasteiger partial charge in [-0.2, -0.15) is 0 Å². The van der Waals surface area contributed by atoms with E-state index in [1.807, 2.05) is 47.9 Å². The second-order valence-electron chi connectivity index (χ2n) is 6.89. The van der Waals surface area contributed by atoms with Crippen molar-refractivity contribution in [1.82, 2.24) is 9.38 Å². The maximum Gasteiger partial charge on any atom is 0.274 e. The molecule has 1 N–H and O–H groups in total. The molecule has 4 heteroatoms. The average Bonchev–Trinajstić information content (AvgIpc) is 2.99. The number of carbonyl (C=O) groups is 1. The van der Waals surface area contributed by atoms with Gasteiger partial charge in [0.1, 0.15) is 11.3 Å². The van der Waals surface area contributed by atoms with E-state index in [-0.39, 0.29) is 5.91 Å². The van der Waals surface area contributed by atoms with E-state index in [0.717, 1.165) is 17.0 Å². The fourth-order valence-corrected chi connectivity index (χ4v) is 3.85. The highest BCUT2D eigenvalue weighted by Crippen LogP contribution is 2.33. The van der Waals surface area contributed by atoms with Gasteiger partial charge in [0.25, 0.3) is 5.91 Å². The molecule has 2 heterocycles. The van der Waals surface area contributed by atoms with Gasteiger partial charge < -0.3 is 5.32 Å². The fraction of sp³-hybridized carbons (Fsp3) is 0.333. The third-order valence-corrected chi connectivity index (χ3v) is 5.16. The summed E-state index contributed by atoms with van der Waals surface area (Å²) >= 11 is 0. The Bertz CT molecular complexity index is 889. The van der Waals surface area contributed by atoms with Crippen molar-refractivity contribution in [2.75, 3.05) is 5.32 Å². The number of amides is 1. The van der Waals surface area contributed by atoms with Gasteiger partial charge in [0.05, 0.1) is 5.69 Å². The Morgan fingerprint density at radius 2 is 1.84 bits per heavy atom. The summed E-state index contributed by atoms with van der Waals surface area (Å²) in [6.45, 7) is 1.87. The highest BCUT2D eigenvalue weighted by atomic mass is 16.2. The third kappa shape index (κ3) is 3.16. The van der Waals surface area contributed by atoms with Crippen LogP contribution < -0.4 is 5.32 Å². The van der Waals surface area contributed by atoms with Crippen molar-refractivity contribution in [3.05, 3.63) is 65.6 Å². The van der Waals surface area contributed by atoms with Gasteiger partial charge in [-0.25, -0.2) is 4.98 Å². The quantitative estimate of drug-likeness (QED) is 0.737. The number of aromatic nitrogens is 2. The molecular weight excluding hydrogens is 310 g/mol. The number of nitrogens with zero attached hydrogens (tertiary/aromatic N) is 2. The van der Waals surface area contributed by atoms with Crippen LogP contribution in [0.5, 0.6) is 0 Å². The molecule has 1 fully saturated rings. The average molecular weight is 333 g/mol. The van der Waals surface area contributed by atoms with Gasteiger partial charge in [0.15, 0.2) is 0 Å². The smallest absolute Gasteiger partial charge is 0.274 e. The summed E-state index contributed by atoms with van der Waals surface area (Å²) in [4.78, 5) is 17.2. The van der Waals surface area contributed by atoms with E-state index >= 15 is 0 Å². The van der Waals surface area contributed by atoms with Crippen LogP contribution >= 0.6 is 0 Å².